The number of thiocarbonyl (C=S) groups is 1. The van der Waals surface area contributed by atoms with Crippen LogP contribution in [-0.2, 0) is 14.4 Å². The van der Waals surface area contributed by atoms with Crippen LogP contribution in [0.3, 0.4) is 0 Å². The van der Waals surface area contributed by atoms with Gasteiger partial charge in [0, 0.05) is 16.3 Å². The predicted molar refractivity (Wildman–Crippen MR) is 148 cm³/mol. The van der Waals surface area contributed by atoms with E-state index in [2.05, 4.69) is 5.32 Å². The molecule has 0 spiro atoms. The molecule has 9 heteroatoms. The Balaban J connectivity index is 1.46. The molecule has 1 atom stereocenters. The molecule has 0 radical (unpaired) electrons. The maximum Gasteiger partial charge on any atom is 0.267 e. The van der Waals surface area contributed by atoms with Crippen molar-refractivity contribution in [2.45, 2.75) is 13.0 Å². The van der Waals surface area contributed by atoms with Crippen molar-refractivity contribution >= 4 is 74.6 Å². The average Bonchev–Trinajstić information content (AvgIpc) is 3.31. The molecule has 2 heterocycles. The number of amides is 3. The molecule has 0 unspecified atom stereocenters. The van der Waals surface area contributed by atoms with Crippen molar-refractivity contribution in [3.05, 3.63) is 99.9 Å². The van der Waals surface area contributed by atoms with Crippen molar-refractivity contribution in [3.8, 4) is 0 Å². The summed E-state index contributed by atoms with van der Waals surface area (Å²) < 4.78 is 0.390. The van der Waals surface area contributed by atoms with Gasteiger partial charge in [0.1, 0.15) is 10.9 Å². The summed E-state index contributed by atoms with van der Waals surface area (Å²) in [5.41, 5.74) is 2.91. The zero-order valence-electron chi connectivity index (χ0n) is 19.1. The lowest BCUT2D eigenvalue weighted by Crippen LogP contribution is -2.35. The third kappa shape index (κ3) is 4.43. The van der Waals surface area contributed by atoms with Crippen LogP contribution < -0.4 is 10.2 Å². The van der Waals surface area contributed by atoms with E-state index in [1.807, 2.05) is 37.3 Å². The molecule has 3 aromatic rings. The third-order valence-electron chi connectivity index (χ3n) is 6.03. The molecule has 0 aromatic heterocycles. The van der Waals surface area contributed by atoms with Gasteiger partial charge in [0.2, 0.25) is 5.91 Å². The van der Waals surface area contributed by atoms with Gasteiger partial charge in [0.25, 0.3) is 11.8 Å². The number of nitrogens with zero attached hydrogens (tertiary/aromatic N) is 2. The van der Waals surface area contributed by atoms with Crippen LogP contribution in [0.4, 0.5) is 11.4 Å². The van der Waals surface area contributed by atoms with E-state index in [0.29, 0.717) is 26.3 Å². The first-order valence-corrected chi connectivity index (χ1v) is 12.8. The van der Waals surface area contributed by atoms with Gasteiger partial charge in [-0.2, -0.15) is 0 Å². The predicted octanol–water partition coefficient (Wildman–Crippen LogP) is 5.66. The number of carbonyl (C=O) groups excluding carboxylic acids is 3. The molecular weight excluding hydrogens is 514 g/mol. The Hall–Kier alpha value is -3.46. The summed E-state index contributed by atoms with van der Waals surface area (Å²) in [6.45, 7) is 1.69. The largest absolute Gasteiger partial charge is 0.324 e. The fourth-order valence-corrected chi connectivity index (χ4v) is 5.99. The molecule has 2 aliphatic rings. The molecule has 5 rings (SSSR count). The van der Waals surface area contributed by atoms with E-state index in [-0.39, 0.29) is 34.9 Å². The van der Waals surface area contributed by atoms with Crippen LogP contribution in [0.5, 0.6) is 0 Å². The molecule has 2 aliphatic heterocycles. The Bertz CT molecular complexity index is 1440. The Morgan fingerprint density at radius 2 is 1.72 bits per heavy atom. The lowest BCUT2D eigenvalue weighted by atomic mass is 10.1. The van der Waals surface area contributed by atoms with Gasteiger partial charge in [-0.3, -0.25) is 24.2 Å². The number of anilines is 2. The maximum absolute atomic E-state index is 13.6. The van der Waals surface area contributed by atoms with E-state index in [4.69, 9.17) is 23.8 Å². The lowest BCUT2D eigenvalue weighted by Gasteiger charge is -2.23. The number of nitrogens with one attached hydrogen (secondary N) is 1. The molecule has 1 saturated heterocycles. The summed E-state index contributed by atoms with van der Waals surface area (Å²) in [6, 6.07) is 23.2. The fourth-order valence-electron chi connectivity index (χ4n) is 4.31. The van der Waals surface area contributed by atoms with Crippen LogP contribution in [-0.4, -0.2) is 33.5 Å². The molecule has 1 fully saturated rings. The van der Waals surface area contributed by atoms with Crippen LogP contribution in [0.15, 0.2) is 83.8 Å². The van der Waals surface area contributed by atoms with Crippen LogP contribution in [0.2, 0.25) is 5.02 Å². The minimum Gasteiger partial charge on any atom is -0.324 e. The number of halogens is 1. The second kappa shape index (κ2) is 9.89. The van der Waals surface area contributed by atoms with Crippen LogP contribution in [0.1, 0.15) is 24.1 Å². The van der Waals surface area contributed by atoms with Gasteiger partial charge in [0.15, 0.2) is 0 Å². The summed E-state index contributed by atoms with van der Waals surface area (Å²) >= 11 is 12.7. The molecule has 180 valence electrons. The number of para-hydroxylation sites is 1. The van der Waals surface area contributed by atoms with Crippen molar-refractivity contribution in [2.24, 2.45) is 0 Å². The molecular formula is C27H20ClN3O3S2. The van der Waals surface area contributed by atoms with Gasteiger partial charge in [-0.05, 0) is 36.8 Å². The topological polar surface area (TPSA) is 69.7 Å². The normalized spacial score (nSPS) is 18.0. The zero-order chi connectivity index (χ0) is 25.4. The highest BCUT2D eigenvalue weighted by atomic mass is 35.5. The van der Waals surface area contributed by atoms with E-state index >= 15 is 0 Å². The number of rotatable bonds is 5. The molecule has 6 nitrogen and oxygen atoms in total. The number of carbonyl (C=O) groups is 3. The van der Waals surface area contributed by atoms with Gasteiger partial charge >= 0.3 is 0 Å². The van der Waals surface area contributed by atoms with E-state index in [0.717, 1.165) is 17.3 Å². The smallest absolute Gasteiger partial charge is 0.267 e. The molecule has 1 N–H and O–H groups in total. The maximum atomic E-state index is 13.6. The monoisotopic (exact) mass is 533 g/mol. The summed E-state index contributed by atoms with van der Waals surface area (Å²) in [5, 5.41) is 3.26. The second-order valence-electron chi connectivity index (χ2n) is 8.30. The first-order chi connectivity index (χ1) is 17.3. The van der Waals surface area contributed by atoms with Crippen molar-refractivity contribution < 1.29 is 14.4 Å². The van der Waals surface area contributed by atoms with Crippen molar-refractivity contribution in [2.75, 3.05) is 16.8 Å². The van der Waals surface area contributed by atoms with Gasteiger partial charge in [-0.25, -0.2) is 0 Å². The Labute approximate surface area is 222 Å². The summed E-state index contributed by atoms with van der Waals surface area (Å²) in [7, 11) is 0. The zero-order valence-corrected chi connectivity index (χ0v) is 21.5. The number of hydrogen-bond donors (Lipinski definition) is 1. The highest BCUT2D eigenvalue weighted by Gasteiger charge is 2.43. The van der Waals surface area contributed by atoms with Gasteiger partial charge in [-0.1, -0.05) is 90.2 Å². The Morgan fingerprint density at radius 3 is 2.47 bits per heavy atom. The van der Waals surface area contributed by atoms with E-state index < -0.39 is 5.91 Å². The van der Waals surface area contributed by atoms with Crippen molar-refractivity contribution in [1.82, 2.24) is 4.90 Å². The van der Waals surface area contributed by atoms with Crippen molar-refractivity contribution in [1.29, 1.82) is 0 Å². The summed E-state index contributed by atoms with van der Waals surface area (Å²) in [5.74, 6) is -1.11. The fraction of sp³-hybridized carbons (Fsp3) is 0.111. The summed E-state index contributed by atoms with van der Waals surface area (Å²) in [6.07, 6.45) is 0. The third-order valence-corrected chi connectivity index (χ3v) is 7.66. The lowest BCUT2D eigenvalue weighted by molar-refractivity contribution is -0.123. The Kier molecular flexibility index (Phi) is 6.66. The first-order valence-electron chi connectivity index (χ1n) is 11.2. The molecule has 36 heavy (non-hydrogen) atoms. The average molecular weight is 534 g/mol. The number of thioether (sulfide) groups is 1. The van der Waals surface area contributed by atoms with Gasteiger partial charge in [0.05, 0.1) is 22.2 Å². The van der Waals surface area contributed by atoms with Crippen LogP contribution in [0.25, 0.3) is 5.57 Å². The summed E-state index contributed by atoms with van der Waals surface area (Å²) in [4.78, 5) is 43.2. The van der Waals surface area contributed by atoms with Crippen LogP contribution >= 0.6 is 35.6 Å². The highest BCUT2D eigenvalue weighted by molar-refractivity contribution is 8.26. The first kappa shape index (κ1) is 24.2. The molecule has 3 amide bonds. The SMILES string of the molecule is C[C@H](c1ccccc1)N1C(=O)/C(=C2\C(=O)N(CC(=O)Nc3cccc(Cl)c3)c3ccccc32)SC1=S. The van der Waals surface area contributed by atoms with E-state index in [9.17, 15) is 14.4 Å². The second-order valence-corrected chi connectivity index (χ2v) is 10.4. The number of benzene rings is 3. The molecule has 0 saturated carbocycles. The standard InChI is InChI=1S/C27H20ClN3O3S2/c1-16(17-8-3-2-4-9-17)31-26(34)24(36-27(31)35)23-20-12-5-6-13-21(20)30(25(23)33)15-22(32)29-19-11-7-10-18(28)14-19/h2-14,16H,15H2,1H3,(H,29,32)/b24-23+/t16-/m1/s1. The number of fused-ring (bicyclic) bond motifs is 1. The van der Waals surface area contributed by atoms with Crippen LogP contribution in [0, 0.1) is 0 Å². The van der Waals surface area contributed by atoms with Gasteiger partial charge < -0.3 is 5.32 Å². The molecule has 0 bridgehead atoms. The quantitative estimate of drug-likeness (QED) is 0.338. The molecule has 3 aromatic carbocycles. The Morgan fingerprint density at radius 1 is 1.00 bits per heavy atom. The van der Waals surface area contributed by atoms with E-state index in [1.54, 1.807) is 53.4 Å². The van der Waals surface area contributed by atoms with Crippen molar-refractivity contribution in [3.63, 3.8) is 0 Å². The highest BCUT2D eigenvalue weighted by Crippen LogP contribution is 2.46. The minimum absolute atomic E-state index is 0.216. The number of hydrogen-bond acceptors (Lipinski definition) is 5. The molecule has 0 aliphatic carbocycles. The van der Waals surface area contributed by atoms with E-state index in [1.165, 1.54) is 4.90 Å². The minimum atomic E-state index is -0.412. The van der Waals surface area contributed by atoms with Gasteiger partial charge in [-0.15, -0.1) is 0 Å².